The Bertz CT molecular complexity index is 143. The molecule has 1 aliphatic rings. The van der Waals surface area contributed by atoms with Gasteiger partial charge in [0.25, 0.3) is 0 Å². The molecule has 2 nitrogen and oxygen atoms in total. The lowest BCUT2D eigenvalue weighted by atomic mass is 10.1. The van der Waals surface area contributed by atoms with Crippen LogP contribution in [0, 0.1) is 0 Å². The monoisotopic (exact) mass is 158 g/mol. The van der Waals surface area contributed by atoms with Gasteiger partial charge in [-0.1, -0.05) is 13.8 Å². The molecular weight excluding hydrogens is 144 g/mol. The van der Waals surface area contributed by atoms with E-state index in [1.807, 2.05) is 13.8 Å². The van der Waals surface area contributed by atoms with E-state index in [1.165, 1.54) is 0 Å². The van der Waals surface area contributed by atoms with Crippen molar-refractivity contribution < 1.29 is 8.89 Å². The Morgan fingerprint density at radius 2 is 2.10 bits per heavy atom. The van der Waals surface area contributed by atoms with E-state index in [9.17, 15) is 4.46 Å². The minimum atomic E-state index is -1.76. The topological polar surface area (TPSA) is 26.3 Å². The lowest BCUT2D eigenvalue weighted by Crippen LogP contribution is -2.20. The molecule has 0 unspecified atom stereocenters. The Labute approximate surface area is 63.4 Å². The molecule has 1 heterocycles. The summed E-state index contributed by atoms with van der Waals surface area (Å²) in [4.78, 5) is 0. The van der Waals surface area contributed by atoms with Gasteiger partial charge in [-0.25, -0.2) is 0 Å². The smallest absolute Gasteiger partial charge is 0.508 e. The first-order chi connectivity index (χ1) is 4.63. The van der Waals surface area contributed by atoms with Crippen LogP contribution in [0.3, 0.4) is 0 Å². The van der Waals surface area contributed by atoms with Crippen LogP contribution in [0.5, 0.6) is 0 Å². The predicted octanol–water partition coefficient (Wildman–Crippen LogP) is 1.89. The van der Waals surface area contributed by atoms with Crippen molar-refractivity contribution in [2.24, 2.45) is 0 Å². The van der Waals surface area contributed by atoms with Crippen molar-refractivity contribution in [1.29, 1.82) is 0 Å². The largest absolute Gasteiger partial charge is 0.524 e. The second-order valence-corrected chi connectivity index (χ2v) is 5.69. The predicted molar refractivity (Wildman–Crippen MR) is 40.3 cm³/mol. The standard InChI is InChI=1S/C7H14O2Si/c1-7(2)5-3-4-6-9-10(7)8/h3-6H2,1-2H3. The second kappa shape index (κ2) is 2.82. The summed E-state index contributed by atoms with van der Waals surface area (Å²) < 4.78 is 16.5. The molecule has 0 amide bonds. The Morgan fingerprint density at radius 1 is 1.40 bits per heavy atom. The van der Waals surface area contributed by atoms with Crippen molar-refractivity contribution in [3.63, 3.8) is 0 Å². The van der Waals surface area contributed by atoms with Crippen LogP contribution in [-0.2, 0) is 8.89 Å². The molecule has 0 radical (unpaired) electrons. The molecule has 0 bridgehead atoms. The first-order valence-electron chi connectivity index (χ1n) is 3.80. The molecule has 1 saturated heterocycles. The van der Waals surface area contributed by atoms with Gasteiger partial charge in [0.2, 0.25) is 0 Å². The average Bonchev–Trinajstić information content (AvgIpc) is 1.96. The van der Waals surface area contributed by atoms with Crippen LogP contribution < -0.4 is 0 Å². The van der Waals surface area contributed by atoms with Gasteiger partial charge in [-0.3, -0.25) is 0 Å². The van der Waals surface area contributed by atoms with E-state index >= 15 is 0 Å². The van der Waals surface area contributed by atoms with Gasteiger partial charge in [-0.05, 0) is 19.3 Å². The van der Waals surface area contributed by atoms with Crippen molar-refractivity contribution in [3.05, 3.63) is 0 Å². The molecule has 3 heteroatoms. The van der Waals surface area contributed by atoms with Gasteiger partial charge in [0.05, 0.1) is 6.61 Å². The molecular formula is C7H14O2Si. The summed E-state index contributed by atoms with van der Waals surface area (Å²) in [6.45, 7) is 4.75. The van der Waals surface area contributed by atoms with Gasteiger partial charge in [0.15, 0.2) is 0 Å². The molecule has 0 saturated carbocycles. The Hall–Kier alpha value is -0.183. The highest BCUT2D eigenvalue weighted by atomic mass is 28.3. The quantitative estimate of drug-likeness (QED) is 0.503. The lowest BCUT2D eigenvalue weighted by molar-refractivity contribution is 0.280. The maximum absolute atomic E-state index is 11.3. The van der Waals surface area contributed by atoms with Crippen LogP contribution in [0.1, 0.15) is 33.1 Å². The number of hydrogen-bond donors (Lipinski definition) is 0. The minimum absolute atomic E-state index is 0.0544. The second-order valence-electron chi connectivity index (χ2n) is 3.48. The zero-order chi connectivity index (χ0) is 7.61. The third-order valence-corrected chi connectivity index (χ3v) is 3.80. The summed E-state index contributed by atoms with van der Waals surface area (Å²) >= 11 is 0. The van der Waals surface area contributed by atoms with E-state index in [-0.39, 0.29) is 5.04 Å². The third kappa shape index (κ3) is 1.65. The molecule has 1 rings (SSSR count). The molecule has 0 aromatic heterocycles. The van der Waals surface area contributed by atoms with Crippen LogP contribution in [0.2, 0.25) is 5.04 Å². The molecule has 0 aromatic rings. The molecule has 0 aromatic carbocycles. The highest BCUT2D eigenvalue weighted by molar-refractivity contribution is 6.39. The van der Waals surface area contributed by atoms with Crippen molar-refractivity contribution in [2.75, 3.05) is 6.61 Å². The molecule has 1 fully saturated rings. The van der Waals surface area contributed by atoms with Gasteiger partial charge in [0, 0.05) is 5.04 Å². The molecule has 10 heavy (non-hydrogen) atoms. The molecule has 0 spiro atoms. The zero-order valence-electron chi connectivity index (χ0n) is 6.64. The van der Waals surface area contributed by atoms with Crippen molar-refractivity contribution in [2.45, 2.75) is 38.1 Å². The number of hydrogen-bond acceptors (Lipinski definition) is 2. The Balaban J connectivity index is 2.61. The fourth-order valence-corrected chi connectivity index (χ4v) is 2.23. The SMILES string of the molecule is CC1(C)CCCCO[Si]1=O. The van der Waals surface area contributed by atoms with Crippen LogP contribution in [-0.4, -0.2) is 15.5 Å². The van der Waals surface area contributed by atoms with Gasteiger partial charge in [-0.15, -0.1) is 0 Å². The van der Waals surface area contributed by atoms with E-state index < -0.39 is 8.93 Å². The van der Waals surface area contributed by atoms with Crippen molar-refractivity contribution in [3.8, 4) is 0 Å². The van der Waals surface area contributed by atoms with Crippen LogP contribution in [0.15, 0.2) is 0 Å². The first kappa shape index (κ1) is 7.92. The van der Waals surface area contributed by atoms with E-state index in [0.717, 1.165) is 19.3 Å². The highest BCUT2D eigenvalue weighted by Crippen LogP contribution is 2.33. The van der Waals surface area contributed by atoms with Crippen LogP contribution in [0.4, 0.5) is 0 Å². The normalized spacial score (nSPS) is 25.2. The van der Waals surface area contributed by atoms with Gasteiger partial charge >= 0.3 is 8.93 Å². The number of rotatable bonds is 0. The van der Waals surface area contributed by atoms with Gasteiger partial charge < -0.3 is 8.89 Å². The maximum atomic E-state index is 11.3. The van der Waals surface area contributed by atoms with Crippen molar-refractivity contribution >= 4 is 8.93 Å². The fourth-order valence-electron chi connectivity index (χ4n) is 1.13. The highest BCUT2D eigenvalue weighted by Gasteiger charge is 2.33. The van der Waals surface area contributed by atoms with E-state index in [0.29, 0.717) is 6.61 Å². The molecule has 58 valence electrons. The minimum Gasteiger partial charge on any atom is -0.524 e. The summed E-state index contributed by atoms with van der Waals surface area (Å²) in [6, 6.07) is 0. The Morgan fingerprint density at radius 3 is 2.80 bits per heavy atom. The molecule has 0 aliphatic carbocycles. The molecule has 0 atom stereocenters. The van der Waals surface area contributed by atoms with Gasteiger partial charge in [-0.2, -0.15) is 0 Å². The average molecular weight is 158 g/mol. The zero-order valence-corrected chi connectivity index (χ0v) is 7.64. The summed E-state index contributed by atoms with van der Waals surface area (Å²) in [5.74, 6) is 0. The summed E-state index contributed by atoms with van der Waals surface area (Å²) in [5.41, 5.74) is 0. The van der Waals surface area contributed by atoms with E-state index in [1.54, 1.807) is 0 Å². The summed E-state index contributed by atoms with van der Waals surface area (Å²) in [6.07, 6.45) is 3.27. The van der Waals surface area contributed by atoms with Crippen molar-refractivity contribution in [1.82, 2.24) is 0 Å². The van der Waals surface area contributed by atoms with E-state index in [2.05, 4.69) is 0 Å². The maximum Gasteiger partial charge on any atom is 0.508 e. The van der Waals surface area contributed by atoms with Crippen LogP contribution in [0.25, 0.3) is 0 Å². The molecule has 1 aliphatic heterocycles. The van der Waals surface area contributed by atoms with E-state index in [4.69, 9.17) is 4.43 Å². The molecule has 0 N–H and O–H groups in total. The third-order valence-electron chi connectivity index (χ3n) is 1.98. The first-order valence-corrected chi connectivity index (χ1v) is 5.12. The Kier molecular flexibility index (Phi) is 2.23. The van der Waals surface area contributed by atoms with Crippen LogP contribution >= 0.6 is 0 Å². The lowest BCUT2D eigenvalue weighted by Gasteiger charge is -2.16. The summed E-state index contributed by atoms with van der Waals surface area (Å²) in [7, 11) is -1.76. The van der Waals surface area contributed by atoms with Gasteiger partial charge in [0.1, 0.15) is 0 Å². The summed E-state index contributed by atoms with van der Waals surface area (Å²) in [5, 5.41) is -0.0544. The fraction of sp³-hybridized carbons (Fsp3) is 1.00.